The molecular weight excluding hydrogens is 160 g/mol. The minimum Gasteiger partial charge on any atom is -0.389 e. The molecule has 1 fully saturated rings. The third kappa shape index (κ3) is 1.34. The number of aliphatic hydroxyl groups is 1. The molecule has 0 aliphatic heterocycles. The fourth-order valence-electron chi connectivity index (χ4n) is 3.36. The van der Waals surface area contributed by atoms with Gasteiger partial charge < -0.3 is 5.11 Å². The van der Waals surface area contributed by atoms with E-state index in [2.05, 4.69) is 26.8 Å². The molecule has 0 aromatic carbocycles. The molecule has 0 radical (unpaired) electrons. The fraction of sp³-hybridized carbons (Fsp3) is 0.833. The number of hydrogen-bond acceptors (Lipinski definition) is 1. The van der Waals surface area contributed by atoms with Crippen molar-refractivity contribution in [1.82, 2.24) is 0 Å². The molecule has 1 saturated carbocycles. The maximum Gasteiger partial charge on any atom is 0.0732 e. The van der Waals surface area contributed by atoms with Gasteiger partial charge in [0, 0.05) is 0 Å². The summed E-state index contributed by atoms with van der Waals surface area (Å²) in [5.74, 6) is 0. The third-order valence-electron chi connectivity index (χ3n) is 3.93. The summed E-state index contributed by atoms with van der Waals surface area (Å²) in [6.45, 7) is 6.94. The molecule has 0 amide bonds. The van der Waals surface area contributed by atoms with Crippen LogP contribution in [0.5, 0.6) is 0 Å². The van der Waals surface area contributed by atoms with E-state index >= 15 is 0 Å². The van der Waals surface area contributed by atoms with Crippen LogP contribution in [0.3, 0.4) is 0 Å². The van der Waals surface area contributed by atoms with Gasteiger partial charge in [-0.1, -0.05) is 38.8 Å². The highest BCUT2D eigenvalue weighted by atomic mass is 16.3. The summed E-state index contributed by atoms with van der Waals surface area (Å²) in [5, 5.41) is 9.68. The van der Waals surface area contributed by atoms with Crippen LogP contribution in [0.4, 0.5) is 0 Å². The van der Waals surface area contributed by atoms with Crippen molar-refractivity contribution in [1.29, 1.82) is 0 Å². The van der Waals surface area contributed by atoms with Crippen LogP contribution >= 0.6 is 0 Å². The second-order valence-corrected chi connectivity index (χ2v) is 5.65. The van der Waals surface area contributed by atoms with Crippen molar-refractivity contribution in [2.45, 2.75) is 52.6 Å². The summed E-state index contributed by atoms with van der Waals surface area (Å²) in [5.41, 5.74) is 2.14. The predicted molar refractivity (Wildman–Crippen MR) is 54.4 cm³/mol. The summed E-state index contributed by atoms with van der Waals surface area (Å²) < 4.78 is 0. The number of hydrogen-bond donors (Lipinski definition) is 1. The van der Waals surface area contributed by atoms with Crippen molar-refractivity contribution in [3.8, 4) is 0 Å². The first kappa shape index (κ1) is 9.26. The maximum absolute atomic E-state index is 9.68. The van der Waals surface area contributed by atoms with Crippen LogP contribution in [0.2, 0.25) is 0 Å². The van der Waals surface area contributed by atoms with Crippen molar-refractivity contribution in [3.63, 3.8) is 0 Å². The van der Waals surface area contributed by atoms with E-state index in [1.54, 1.807) is 0 Å². The van der Waals surface area contributed by atoms with Crippen molar-refractivity contribution >= 4 is 0 Å². The number of rotatable bonds is 0. The van der Waals surface area contributed by atoms with Crippen LogP contribution in [0.15, 0.2) is 11.6 Å². The Hall–Kier alpha value is -0.300. The molecule has 0 unspecified atom stereocenters. The normalized spacial score (nSPS) is 42.8. The highest BCUT2D eigenvalue weighted by Crippen LogP contribution is 2.55. The van der Waals surface area contributed by atoms with E-state index in [9.17, 15) is 5.11 Å². The van der Waals surface area contributed by atoms with Gasteiger partial charge >= 0.3 is 0 Å². The fourth-order valence-corrected chi connectivity index (χ4v) is 3.36. The van der Waals surface area contributed by atoms with E-state index in [0.717, 1.165) is 6.42 Å². The molecule has 2 rings (SSSR count). The van der Waals surface area contributed by atoms with Crippen LogP contribution in [-0.2, 0) is 0 Å². The van der Waals surface area contributed by atoms with E-state index in [1.165, 1.54) is 24.8 Å². The molecule has 2 atom stereocenters. The molecule has 0 aromatic rings. The first-order chi connectivity index (χ1) is 5.94. The molecule has 0 spiro atoms. The third-order valence-corrected chi connectivity index (χ3v) is 3.93. The Bertz CT molecular complexity index is 252. The SMILES string of the molecule is CC1(C)CCC[C@]2(C)C[C@H](O)C=C12. The molecule has 2 aliphatic carbocycles. The molecule has 0 bridgehead atoms. The topological polar surface area (TPSA) is 20.2 Å². The van der Waals surface area contributed by atoms with Gasteiger partial charge in [-0.2, -0.15) is 0 Å². The van der Waals surface area contributed by atoms with Crippen LogP contribution in [-0.4, -0.2) is 11.2 Å². The molecule has 0 aromatic heterocycles. The lowest BCUT2D eigenvalue weighted by molar-refractivity contribution is 0.148. The summed E-state index contributed by atoms with van der Waals surface area (Å²) in [6, 6.07) is 0. The average molecular weight is 180 g/mol. The van der Waals surface area contributed by atoms with Crippen LogP contribution < -0.4 is 0 Å². The average Bonchev–Trinajstić information content (AvgIpc) is 2.25. The number of aliphatic hydroxyl groups excluding tert-OH is 1. The maximum atomic E-state index is 9.68. The second-order valence-electron chi connectivity index (χ2n) is 5.65. The molecule has 13 heavy (non-hydrogen) atoms. The van der Waals surface area contributed by atoms with Crippen LogP contribution in [0.25, 0.3) is 0 Å². The molecule has 1 N–H and O–H groups in total. The summed E-state index contributed by atoms with van der Waals surface area (Å²) in [6.07, 6.45) is 6.73. The van der Waals surface area contributed by atoms with Gasteiger partial charge in [-0.15, -0.1) is 0 Å². The summed E-state index contributed by atoms with van der Waals surface area (Å²) in [4.78, 5) is 0. The largest absolute Gasteiger partial charge is 0.389 e. The van der Waals surface area contributed by atoms with Crippen LogP contribution in [0.1, 0.15) is 46.5 Å². The monoisotopic (exact) mass is 180 g/mol. The Morgan fingerprint density at radius 1 is 1.31 bits per heavy atom. The van der Waals surface area contributed by atoms with Gasteiger partial charge in [0.15, 0.2) is 0 Å². The Morgan fingerprint density at radius 2 is 2.00 bits per heavy atom. The van der Waals surface area contributed by atoms with E-state index < -0.39 is 0 Å². The van der Waals surface area contributed by atoms with Crippen molar-refractivity contribution in [2.75, 3.05) is 0 Å². The molecule has 74 valence electrons. The Labute approximate surface area is 80.8 Å². The highest BCUT2D eigenvalue weighted by Gasteiger charge is 2.45. The Morgan fingerprint density at radius 3 is 2.62 bits per heavy atom. The lowest BCUT2D eigenvalue weighted by Gasteiger charge is -2.43. The van der Waals surface area contributed by atoms with E-state index in [0.29, 0.717) is 10.8 Å². The minimum absolute atomic E-state index is 0.183. The number of fused-ring (bicyclic) bond motifs is 1. The molecule has 1 nitrogen and oxygen atoms in total. The first-order valence-electron chi connectivity index (χ1n) is 5.35. The van der Waals surface area contributed by atoms with Gasteiger partial charge in [0.25, 0.3) is 0 Å². The van der Waals surface area contributed by atoms with Crippen LogP contribution in [0, 0.1) is 10.8 Å². The standard InChI is InChI=1S/C12H20O/c1-11(2)5-4-6-12(3)8-9(13)7-10(11)12/h7,9,13H,4-6,8H2,1-3H3/t9-,12-/m1/s1. The smallest absolute Gasteiger partial charge is 0.0732 e. The van der Waals surface area contributed by atoms with Gasteiger partial charge in [-0.25, -0.2) is 0 Å². The molecule has 1 heteroatoms. The van der Waals surface area contributed by atoms with Gasteiger partial charge in [0.1, 0.15) is 0 Å². The molecule has 0 heterocycles. The molecule has 0 saturated heterocycles. The molecular formula is C12H20O. The number of allylic oxidation sites excluding steroid dienone is 1. The van der Waals surface area contributed by atoms with Crippen molar-refractivity contribution in [2.24, 2.45) is 10.8 Å². The minimum atomic E-state index is -0.183. The van der Waals surface area contributed by atoms with E-state index in [1.807, 2.05) is 0 Å². The van der Waals surface area contributed by atoms with Crippen molar-refractivity contribution < 1.29 is 5.11 Å². The zero-order chi connectivity index (χ0) is 9.69. The lowest BCUT2D eigenvalue weighted by atomic mass is 9.62. The Kier molecular flexibility index (Phi) is 1.85. The second kappa shape index (κ2) is 2.60. The first-order valence-corrected chi connectivity index (χ1v) is 5.35. The lowest BCUT2D eigenvalue weighted by Crippen LogP contribution is -2.32. The summed E-state index contributed by atoms with van der Waals surface area (Å²) >= 11 is 0. The quantitative estimate of drug-likeness (QED) is 0.568. The zero-order valence-corrected chi connectivity index (χ0v) is 8.93. The summed E-state index contributed by atoms with van der Waals surface area (Å²) in [7, 11) is 0. The zero-order valence-electron chi connectivity index (χ0n) is 8.93. The Balaban J connectivity index is 2.37. The van der Waals surface area contributed by atoms with Crippen molar-refractivity contribution in [3.05, 3.63) is 11.6 Å². The molecule has 2 aliphatic rings. The van der Waals surface area contributed by atoms with Gasteiger partial charge in [0.2, 0.25) is 0 Å². The predicted octanol–water partition coefficient (Wildman–Crippen LogP) is 2.89. The van der Waals surface area contributed by atoms with Gasteiger partial charge in [-0.3, -0.25) is 0 Å². The van der Waals surface area contributed by atoms with Gasteiger partial charge in [-0.05, 0) is 30.1 Å². The van der Waals surface area contributed by atoms with Gasteiger partial charge in [0.05, 0.1) is 6.10 Å². The van der Waals surface area contributed by atoms with E-state index in [-0.39, 0.29) is 6.10 Å². The van der Waals surface area contributed by atoms with E-state index in [4.69, 9.17) is 0 Å². The highest BCUT2D eigenvalue weighted by molar-refractivity contribution is 5.29.